The Kier molecular flexibility index (Phi) is 6.97. The van der Waals surface area contributed by atoms with E-state index < -0.39 is 10.0 Å². The van der Waals surface area contributed by atoms with Gasteiger partial charge in [0.25, 0.3) is 5.56 Å². The second kappa shape index (κ2) is 10.0. The Morgan fingerprint density at radius 1 is 1.11 bits per heavy atom. The summed E-state index contributed by atoms with van der Waals surface area (Å²) < 4.78 is 30.3. The van der Waals surface area contributed by atoms with Gasteiger partial charge in [-0.2, -0.15) is 9.40 Å². The van der Waals surface area contributed by atoms with E-state index in [-0.39, 0.29) is 10.5 Å². The highest BCUT2D eigenvalue weighted by molar-refractivity contribution is 7.89. The first-order valence-corrected chi connectivity index (χ1v) is 14.4. The number of hydrogen-bond acceptors (Lipinski definition) is 7. The molecule has 0 bridgehead atoms. The molecule has 1 saturated carbocycles. The second-order valence-corrected chi connectivity index (χ2v) is 11.9. The molecule has 0 unspecified atom stereocenters. The van der Waals surface area contributed by atoms with E-state index in [0.717, 1.165) is 50.0 Å². The average Bonchev–Trinajstić information content (AvgIpc) is 3.17. The highest BCUT2D eigenvalue weighted by Gasteiger charge is 2.30. The van der Waals surface area contributed by atoms with Crippen molar-refractivity contribution in [1.29, 1.82) is 0 Å². The molecular weight excluding hydrogens is 478 g/mol. The zero-order chi connectivity index (χ0) is 25.4. The van der Waals surface area contributed by atoms with Crippen LogP contribution in [0.5, 0.6) is 0 Å². The van der Waals surface area contributed by atoms with Crippen molar-refractivity contribution < 1.29 is 8.42 Å². The Labute approximate surface area is 211 Å². The molecule has 4 heterocycles. The minimum absolute atomic E-state index is 0.141. The molecule has 11 heteroatoms. The lowest BCUT2D eigenvalue weighted by atomic mass is 9.81. The highest BCUT2D eigenvalue weighted by Crippen LogP contribution is 2.33. The van der Waals surface area contributed by atoms with Gasteiger partial charge in [-0.15, -0.1) is 0 Å². The number of nitrogens with one attached hydrogen (secondary N) is 1. The minimum Gasteiger partial charge on any atom is -0.305 e. The molecule has 1 N–H and O–H groups in total. The van der Waals surface area contributed by atoms with Crippen LogP contribution in [0.1, 0.15) is 50.9 Å². The smallest absolute Gasteiger partial charge is 0.279 e. The number of hydrogen-bond donors (Lipinski definition) is 1. The largest absolute Gasteiger partial charge is 0.305 e. The first-order chi connectivity index (χ1) is 17.3. The van der Waals surface area contributed by atoms with Crippen LogP contribution in [-0.2, 0) is 29.9 Å². The summed E-state index contributed by atoms with van der Waals surface area (Å²) in [6.07, 6.45) is 7.32. The summed E-state index contributed by atoms with van der Waals surface area (Å²) in [7, 11) is -1.90. The van der Waals surface area contributed by atoms with Gasteiger partial charge in [0.05, 0.1) is 11.4 Å². The zero-order valence-corrected chi connectivity index (χ0v) is 22.1. The normalized spacial score (nSPS) is 18.1. The van der Waals surface area contributed by atoms with Crippen LogP contribution in [0.2, 0.25) is 0 Å². The van der Waals surface area contributed by atoms with E-state index in [1.165, 1.54) is 16.9 Å². The number of rotatable bonds is 8. The summed E-state index contributed by atoms with van der Waals surface area (Å²) in [6.45, 7) is 7.39. The maximum atomic E-state index is 13.6. The highest BCUT2D eigenvalue weighted by atomic mass is 32.2. The monoisotopic (exact) mass is 513 g/mol. The van der Waals surface area contributed by atoms with Crippen molar-refractivity contribution >= 4 is 21.1 Å². The molecule has 1 aliphatic carbocycles. The van der Waals surface area contributed by atoms with Crippen LogP contribution < -0.4 is 5.56 Å². The van der Waals surface area contributed by atoms with Gasteiger partial charge in [-0.1, -0.05) is 39.5 Å². The second-order valence-electron chi connectivity index (χ2n) is 9.94. The third kappa shape index (κ3) is 4.59. The van der Waals surface area contributed by atoms with Crippen molar-refractivity contribution in [2.75, 3.05) is 32.7 Å². The third-order valence-electron chi connectivity index (χ3n) is 7.62. The van der Waals surface area contributed by atoms with Gasteiger partial charge in [0, 0.05) is 45.0 Å². The summed E-state index contributed by atoms with van der Waals surface area (Å²) in [5.41, 5.74) is 2.79. The number of H-pyrrole nitrogens is 1. The van der Waals surface area contributed by atoms with Gasteiger partial charge < -0.3 is 9.88 Å². The SMILES string of the molecule is CCCc1c2nc(-c3cc(S(=O)(=O)N4CCN(CC)CC4)cnc3CC3CCC3)[nH]c(=O)c2nn1C. The fourth-order valence-electron chi connectivity index (χ4n) is 5.16. The molecule has 3 aromatic heterocycles. The summed E-state index contributed by atoms with van der Waals surface area (Å²) in [5, 5.41) is 4.38. The molecule has 0 radical (unpaired) electrons. The lowest BCUT2D eigenvalue weighted by Gasteiger charge is -2.33. The van der Waals surface area contributed by atoms with Gasteiger partial charge in [-0.05, 0) is 31.4 Å². The topological polar surface area (TPSA) is 117 Å². The van der Waals surface area contributed by atoms with E-state index in [1.807, 2.05) is 7.05 Å². The number of aromatic amines is 1. The molecule has 194 valence electrons. The van der Waals surface area contributed by atoms with Gasteiger partial charge >= 0.3 is 0 Å². The first kappa shape index (κ1) is 25.0. The molecule has 2 aliphatic rings. The molecule has 1 saturated heterocycles. The Balaban J connectivity index is 1.60. The molecule has 0 aromatic carbocycles. The van der Waals surface area contributed by atoms with Crippen molar-refractivity contribution in [1.82, 2.24) is 33.9 Å². The maximum absolute atomic E-state index is 13.6. The van der Waals surface area contributed by atoms with Crippen molar-refractivity contribution in [2.45, 2.75) is 57.3 Å². The lowest BCUT2D eigenvalue weighted by Crippen LogP contribution is -2.48. The number of aromatic nitrogens is 5. The molecular formula is C25H35N7O3S. The summed E-state index contributed by atoms with van der Waals surface area (Å²) in [6, 6.07) is 1.66. The molecule has 10 nitrogen and oxygen atoms in total. The Hall–Kier alpha value is -2.63. The maximum Gasteiger partial charge on any atom is 0.279 e. The number of likely N-dealkylation sites (N-methyl/N-ethyl adjacent to an activating group) is 1. The molecule has 1 aliphatic heterocycles. The van der Waals surface area contributed by atoms with Crippen molar-refractivity contribution in [3.63, 3.8) is 0 Å². The Morgan fingerprint density at radius 2 is 1.86 bits per heavy atom. The number of fused-ring (bicyclic) bond motifs is 1. The fraction of sp³-hybridized carbons (Fsp3) is 0.600. The van der Waals surface area contributed by atoms with Gasteiger partial charge in [0.15, 0.2) is 5.52 Å². The number of sulfonamides is 1. The van der Waals surface area contributed by atoms with Crippen LogP contribution in [0.15, 0.2) is 22.0 Å². The molecule has 0 atom stereocenters. The molecule has 36 heavy (non-hydrogen) atoms. The number of nitrogens with zero attached hydrogens (tertiary/aromatic N) is 6. The van der Waals surface area contributed by atoms with Crippen molar-refractivity contribution in [3.8, 4) is 11.4 Å². The van der Waals surface area contributed by atoms with Gasteiger partial charge in [0.1, 0.15) is 16.2 Å². The van der Waals surface area contributed by atoms with Crippen molar-refractivity contribution in [2.24, 2.45) is 13.0 Å². The van der Waals surface area contributed by atoms with Crippen LogP contribution in [-0.4, -0.2) is 75.1 Å². The number of piperazine rings is 1. The van der Waals surface area contributed by atoms with E-state index in [2.05, 4.69) is 33.8 Å². The van der Waals surface area contributed by atoms with E-state index in [1.54, 1.807) is 10.7 Å². The van der Waals surface area contributed by atoms with Gasteiger partial charge in [-0.3, -0.25) is 14.5 Å². The quantitative estimate of drug-likeness (QED) is 0.491. The Bertz CT molecular complexity index is 1420. The molecule has 0 amide bonds. The first-order valence-electron chi connectivity index (χ1n) is 13.0. The number of pyridine rings is 1. The van der Waals surface area contributed by atoms with Crippen LogP contribution in [0.25, 0.3) is 22.4 Å². The summed E-state index contributed by atoms with van der Waals surface area (Å²) in [5.74, 6) is 0.873. The van der Waals surface area contributed by atoms with Crippen LogP contribution in [0.3, 0.4) is 0 Å². The minimum atomic E-state index is -3.72. The van der Waals surface area contributed by atoms with Gasteiger partial charge in [0.2, 0.25) is 10.0 Å². The summed E-state index contributed by atoms with van der Waals surface area (Å²) in [4.78, 5) is 27.7. The molecule has 3 aromatic rings. The predicted molar refractivity (Wildman–Crippen MR) is 138 cm³/mol. The average molecular weight is 514 g/mol. The van der Waals surface area contributed by atoms with Crippen LogP contribution >= 0.6 is 0 Å². The van der Waals surface area contributed by atoms with E-state index in [0.29, 0.717) is 54.5 Å². The predicted octanol–water partition coefficient (Wildman–Crippen LogP) is 2.34. The zero-order valence-electron chi connectivity index (χ0n) is 21.3. The van der Waals surface area contributed by atoms with Crippen LogP contribution in [0, 0.1) is 5.92 Å². The molecule has 2 fully saturated rings. The van der Waals surface area contributed by atoms with Crippen LogP contribution in [0.4, 0.5) is 0 Å². The van der Waals surface area contributed by atoms with Gasteiger partial charge in [-0.25, -0.2) is 13.4 Å². The number of aryl methyl sites for hydroxylation is 2. The molecule has 5 rings (SSSR count). The third-order valence-corrected chi connectivity index (χ3v) is 9.48. The lowest BCUT2D eigenvalue weighted by molar-refractivity contribution is 0.196. The van der Waals surface area contributed by atoms with E-state index in [9.17, 15) is 13.2 Å². The standard InChI is InChI=1S/C25H35N7O3S/c1-4-7-21-22-23(29-30(21)3)25(33)28-24(27-22)19-15-18(16-26-20(19)14-17-8-6-9-17)36(34,35)32-12-10-31(5-2)11-13-32/h15-17H,4-14H2,1-3H3,(H,27,28,33). The van der Waals surface area contributed by atoms with E-state index in [4.69, 9.17) is 4.98 Å². The van der Waals surface area contributed by atoms with E-state index >= 15 is 0 Å². The summed E-state index contributed by atoms with van der Waals surface area (Å²) >= 11 is 0. The Morgan fingerprint density at radius 3 is 2.50 bits per heavy atom. The fourth-order valence-corrected chi connectivity index (χ4v) is 6.55. The molecule has 0 spiro atoms. The van der Waals surface area contributed by atoms with Crippen molar-refractivity contribution in [3.05, 3.63) is 34.0 Å².